The van der Waals surface area contributed by atoms with E-state index in [1.165, 1.54) is 25.1 Å². The van der Waals surface area contributed by atoms with Crippen LogP contribution < -0.4 is 15.0 Å². The zero-order valence-electron chi connectivity index (χ0n) is 24.4. The molecule has 9 nitrogen and oxygen atoms in total. The van der Waals surface area contributed by atoms with Gasteiger partial charge in [-0.1, -0.05) is 35.9 Å². The number of rotatable bonds is 5. The van der Waals surface area contributed by atoms with Crippen molar-refractivity contribution in [3.8, 4) is 11.5 Å². The summed E-state index contributed by atoms with van der Waals surface area (Å²) in [4.78, 5) is 53.7. The molecule has 0 bridgehead atoms. The second-order valence-corrected chi connectivity index (χ2v) is 13.2. The summed E-state index contributed by atoms with van der Waals surface area (Å²) in [6, 6.07) is 21.3. The van der Waals surface area contributed by atoms with Gasteiger partial charge in [-0.2, -0.15) is 0 Å². The number of benzene rings is 3. The number of carbonyl (C=O) groups excluding carboxylic acids is 4. The lowest BCUT2D eigenvalue weighted by molar-refractivity contribution is -0.138. The van der Waals surface area contributed by atoms with Gasteiger partial charge in [-0.25, -0.2) is 0 Å². The Labute approximate surface area is 269 Å². The number of methoxy groups -OCH3 is 1. The largest absolute Gasteiger partial charge is 0.508 e. The van der Waals surface area contributed by atoms with Crippen molar-refractivity contribution >= 4 is 63.9 Å². The number of phenolic OH excluding ortho intramolecular Hbond substituents is 1. The van der Waals surface area contributed by atoms with Gasteiger partial charge in [0.25, 0.3) is 11.8 Å². The molecule has 2 heterocycles. The van der Waals surface area contributed by atoms with Crippen LogP contribution in [-0.4, -0.2) is 57.5 Å². The van der Waals surface area contributed by atoms with Crippen LogP contribution >= 0.6 is 23.2 Å². The van der Waals surface area contributed by atoms with Gasteiger partial charge in [-0.05, 0) is 67.3 Å². The number of phenols is 1. The van der Waals surface area contributed by atoms with Crippen LogP contribution in [0, 0.1) is 17.8 Å². The number of anilines is 3. The van der Waals surface area contributed by atoms with E-state index in [9.17, 15) is 24.3 Å². The maximum absolute atomic E-state index is 14.3. The molecule has 1 saturated carbocycles. The summed E-state index contributed by atoms with van der Waals surface area (Å²) in [6.07, 6.45) is 1.89. The van der Waals surface area contributed by atoms with Gasteiger partial charge >= 0.3 is 0 Å². The lowest BCUT2D eigenvalue weighted by atomic mass is 9.56. The van der Waals surface area contributed by atoms with E-state index in [4.69, 9.17) is 27.9 Å². The highest BCUT2D eigenvalue weighted by Crippen LogP contribution is 2.66. The number of likely N-dealkylation sites (tertiary alicyclic amines) is 1. The molecule has 4 aliphatic rings. The zero-order valence-corrected chi connectivity index (χ0v) is 25.9. The van der Waals surface area contributed by atoms with E-state index in [1.54, 1.807) is 36.4 Å². The van der Waals surface area contributed by atoms with E-state index in [0.29, 0.717) is 11.3 Å². The number of fused-ring (bicyclic) bond motifs is 4. The van der Waals surface area contributed by atoms with Crippen molar-refractivity contribution in [3.63, 3.8) is 0 Å². The number of alkyl halides is 2. The Kier molecular flexibility index (Phi) is 6.76. The number of nitrogens with zero attached hydrogens (tertiary/aromatic N) is 2. The van der Waals surface area contributed by atoms with Crippen molar-refractivity contribution in [1.82, 2.24) is 4.90 Å². The molecular weight excluding hydrogens is 617 g/mol. The van der Waals surface area contributed by atoms with E-state index in [0.717, 1.165) is 16.3 Å². The smallest absolute Gasteiger partial charge is 0.253 e. The van der Waals surface area contributed by atoms with Crippen LogP contribution in [0.2, 0.25) is 0 Å². The Morgan fingerprint density at radius 3 is 2.24 bits per heavy atom. The molecule has 7 rings (SSSR count). The van der Waals surface area contributed by atoms with E-state index in [1.807, 2.05) is 36.4 Å². The SMILES string of the molecule is COc1cccc(O)c1C1C2=CCC3C(=O)N(c4ccc(Nc5ccccc5)cc4)C(=O)C3C2CC2(Cl)C(=O)N(C)C(=O)C12Cl. The first-order valence-electron chi connectivity index (χ1n) is 14.6. The van der Waals surface area contributed by atoms with Gasteiger partial charge in [0, 0.05) is 29.9 Å². The number of hydrogen-bond acceptors (Lipinski definition) is 7. The molecule has 230 valence electrons. The average Bonchev–Trinajstić information content (AvgIpc) is 3.37. The van der Waals surface area contributed by atoms with Gasteiger partial charge in [-0.15, -0.1) is 23.2 Å². The average molecular weight is 647 g/mol. The number of aromatic hydroxyl groups is 1. The normalized spacial score (nSPS) is 30.5. The Morgan fingerprint density at radius 1 is 0.867 bits per heavy atom. The maximum Gasteiger partial charge on any atom is 0.253 e. The zero-order chi connectivity index (χ0) is 31.8. The highest BCUT2D eigenvalue weighted by Gasteiger charge is 2.76. The number of allylic oxidation sites excluding steroid dienone is 2. The van der Waals surface area contributed by atoms with Crippen LogP contribution in [0.1, 0.15) is 24.3 Å². The standard InChI is InChI=1S/C34H29Cl2N3O6/c1-38-31(43)33(35)17-23-21(28(34(33,36)32(38)44)27-24(40)9-6-10-25(27)45-2)15-16-22-26(23)30(42)39(29(22)41)20-13-11-19(12-14-20)37-18-7-4-3-5-8-18/h3-15,22-23,26,28,37,40H,16-17H2,1-2H3. The molecule has 2 saturated heterocycles. The third kappa shape index (κ3) is 3.99. The molecule has 2 aliphatic heterocycles. The predicted octanol–water partition coefficient (Wildman–Crippen LogP) is 5.34. The Morgan fingerprint density at radius 2 is 1.56 bits per heavy atom. The number of ether oxygens (including phenoxy) is 1. The van der Waals surface area contributed by atoms with Crippen molar-refractivity contribution in [3.05, 3.63) is 90.0 Å². The minimum atomic E-state index is -2.02. The Bertz CT molecular complexity index is 1800. The minimum absolute atomic E-state index is 0.140. The predicted molar refractivity (Wildman–Crippen MR) is 169 cm³/mol. The molecule has 0 radical (unpaired) electrons. The van der Waals surface area contributed by atoms with Gasteiger partial charge in [0.2, 0.25) is 11.8 Å². The molecule has 3 aromatic carbocycles. The van der Waals surface area contributed by atoms with E-state index in [2.05, 4.69) is 5.32 Å². The van der Waals surface area contributed by atoms with Crippen LogP contribution in [0.15, 0.2) is 84.4 Å². The lowest BCUT2D eigenvalue weighted by Crippen LogP contribution is -2.60. The van der Waals surface area contributed by atoms with Crippen molar-refractivity contribution < 1.29 is 29.0 Å². The molecule has 45 heavy (non-hydrogen) atoms. The Balaban J connectivity index is 1.30. The van der Waals surface area contributed by atoms with Gasteiger partial charge in [0.15, 0.2) is 9.75 Å². The molecule has 6 unspecified atom stereocenters. The number of nitrogens with one attached hydrogen (secondary N) is 1. The summed E-state index contributed by atoms with van der Waals surface area (Å²) in [6.45, 7) is 0. The minimum Gasteiger partial charge on any atom is -0.508 e. The number of amides is 4. The molecule has 3 aromatic rings. The highest BCUT2D eigenvalue weighted by molar-refractivity contribution is 6.53. The van der Waals surface area contributed by atoms with E-state index < -0.39 is 51.1 Å². The third-order valence-electron chi connectivity index (χ3n) is 9.75. The summed E-state index contributed by atoms with van der Waals surface area (Å²) in [7, 11) is 2.74. The van der Waals surface area contributed by atoms with Crippen LogP contribution in [0.25, 0.3) is 0 Å². The van der Waals surface area contributed by atoms with Crippen molar-refractivity contribution in [2.75, 3.05) is 24.4 Å². The maximum atomic E-state index is 14.3. The number of para-hydroxylation sites is 1. The molecule has 2 aliphatic carbocycles. The first-order valence-corrected chi connectivity index (χ1v) is 15.3. The summed E-state index contributed by atoms with van der Waals surface area (Å²) >= 11 is 14.4. The molecular formula is C34H29Cl2N3O6. The second-order valence-electron chi connectivity index (χ2n) is 11.9. The fourth-order valence-electron chi connectivity index (χ4n) is 7.70. The van der Waals surface area contributed by atoms with Gasteiger partial charge in [-0.3, -0.25) is 29.0 Å². The van der Waals surface area contributed by atoms with Gasteiger partial charge in [0.05, 0.1) is 24.6 Å². The van der Waals surface area contributed by atoms with Crippen LogP contribution in [-0.2, 0) is 19.2 Å². The highest BCUT2D eigenvalue weighted by atomic mass is 35.5. The number of carbonyl (C=O) groups is 4. The first-order chi connectivity index (χ1) is 21.5. The van der Waals surface area contributed by atoms with Crippen molar-refractivity contribution in [2.24, 2.45) is 17.8 Å². The van der Waals surface area contributed by atoms with Gasteiger partial charge in [0.1, 0.15) is 11.5 Å². The fourth-order valence-corrected chi connectivity index (χ4v) is 8.70. The first kappa shape index (κ1) is 29.4. The molecule has 0 spiro atoms. The van der Waals surface area contributed by atoms with Crippen LogP contribution in [0.3, 0.4) is 0 Å². The summed E-state index contributed by atoms with van der Waals surface area (Å²) in [5.74, 6) is -5.51. The second kappa shape index (κ2) is 10.4. The molecule has 3 fully saturated rings. The molecule has 6 atom stereocenters. The lowest BCUT2D eigenvalue weighted by Gasteiger charge is -2.50. The van der Waals surface area contributed by atoms with Crippen molar-refractivity contribution in [2.45, 2.75) is 28.5 Å². The van der Waals surface area contributed by atoms with E-state index in [-0.39, 0.29) is 35.8 Å². The van der Waals surface area contributed by atoms with Crippen LogP contribution in [0.4, 0.5) is 17.1 Å². The number of imide groups is 2. The molecule has 11 heteroatoms. The summed E-state index contributed by atoms with van der Waals surface area (Å²) in [5, 5.41) is 14.4. The molecule has 4 amide bonds. The van der Waals surface area contributed by atoms with E-state index >= 15 is 0 Å². The van der Waals surface area contributed by atoms with Crippen molar-refractivity contribution in [1.29, 1.82) is 0 Å². The molecule has 0 aromatic heterocycles. The number of hydrogen-bond donors (Lipinski definition) is 2. The third-order valence-corrected chi connectivity index (χ3v) is 11.2. The number of halogens is 2. The van der Waals surface area contributed by atoms with Crippen LogP contribution in [0.5, 0.6) is 11.5 Å². The Hall–Kier alpha value is -4.34. The topological polar surface area (TPSA) is 116 Å². The quantitative estimate of drug-likeness (QED) is 0.219. The molecule has 2 N–H and O–H groups in total. The summed E-state index contributed by atoms with van der Waals surface area (Å²) in [5.41, 5.74) is 2.87. The fraction of sp³-hybridized carbons (Fsp3) is 0.294. The monoisotopic (exact) mass is 645 g/mol. The van der Waals surface area contributed by atoms with Gasteiger partial charge < -0.3 is 15.2 Å². The summed E-state index contributed by atoms with van der Waals surface area (Å²) < 4.78 is 5.59.